The highest BCUT2D eigenvalue weighted by Gasteiger charge is 2.19. The molecule has 0 fully saturated rings. The third-order valence-corrected chi connectivity index (χ3v) is 2.30. The first kappa shape index (κ1) is 14.9. The first-order valence-electron chi connectivity index (χ1n) is 5.71. The van der Waals surface area contributed by atoms with E-state index in [1.165, 1.54) is 13.3 Å². The zero-order chi connectivity index (χ0) is 14.3. The van der Waals surface area contributed by atoms with Gasteiger partial charge in [-0.2, -0.15) is 0 Å². The molecule has 1 amide bonds. The monoisotopic (exact) mass is 268 g/mol. The molecule has 0 spiro atoms. The maximum atomic E-state index is 11.9. The number of amides is 1. The van der Waals surface area contributed by atoms with Crippen LogP contribution < -0.4 is 10.1 Å². The van der Waals surface area contributed by atoms with Crippen molar-refractivity contribution in [2.75, 3.05) is 20.3 Å². The molecule has 1 heterocycles. The molecule has 1 unspecified atom stereocenters. The topological polar surface area (TPSA) is 97.8 Å². The average Bonchev–Trinajstić information content (AvgIpc) is 2.40. The van der Waals surface area contributed by atoms with Crippen molar-refractivity contribution in [1.82, 2.24) is 10.3 Å². The van der Waals surface area contributed by atoms with Gasteiger partial charge in [0.15, 0.2) is 6.10 Å². The Hall–Kier alpha value is -2.15. The highest BCUT2D eigenvalue weighted by Crippen LogP contribution is 2.13. The molecular weight excluding hydrogens is 252 g/mol. The zero-order valence-corrected chi connectivity index (χ0v) is 10.8. The highest BCUT2D eigenvalue weighted by atomic mass is 16.5. The number of nitrogens with zero attached hydrogens (tertiary/aromatic N) is 1. The van der Waals surface area contributed by atoms with Gasteiger partial charge in [-0.05, 0) is 19.1 Å². The van der Waals surface area contributed by atoms with Gasteiger partial charge >= 0.3 is 5.97 Å². The number of aliphatic carboxylic acids is 1. The summed E-state index contributed by atoms with van der Waals surface area (Å²) >= 11 is 0. The molecule has 1 atom stereocenters. The van der Waals surface area contributed by atoms with Gasteiger partial charge in [-0.15, -0.1) is 0 Å². The van der Waals surface area contributed by atoms with Crippen LogP contribution in [-0.4, -0.2) is 48.3 Å². The fourth-order valence-electron chi connectivity index (χ4n) is 1.37. The van der Waals surface area contributed by atoms with E-state index in [1.54, 1.807) is 19.1 Å². The van der Waals surface area contributed by atoms with E-state index in [-0.39, 0.29) is 18.0 Å². The lowest BCUT2D eigenvalue weighted by Gasteiger charge is -2.12. The second-order valence-corrected chi connectivity index (χ2v) is 3.56. The van der Waals surface area contributed by atoms with E-state index in [9.17, 15) is 9.59 Å². The quantitative estimate of drug-likeness (QED) is 0.738. The van der Waals surface area contributed by atoms with Crippen molar-refractivity contribution >= 4 is 11.9 Å². The highest BCUT2D eigenvalue weighted by molar-refractivity contribution is 5.96. The molecule has 0 aliphatic heterocycles. The summed E-state index contributed by atoms with van der Waals surface area (Å²) in [7, 11) is 1.26. The molecule has 2 N–H and O–H groups in total. The maximum Gasteiger partial charge on any atom is 0.334 e. The van der Waals surface area contributed by atoms with Crippen molar-refractivity contribution in [1.29, 1.82) is 0 Å². The fourth-order valence-corrected chi connectivity index (χ4v) is 1.37. The second kappa shape index (κ2) is 7.32. The number of ether oxygens (including phenoxy) is 2. The summed E-state index contributed by atoms with van der Waals surface area (Å²) in [5.74, 6) is -1.38. The molecule has 0 aliphatic rings. The Bertz CT molecular complexity index is 450. The molecule has 1 aromatic heterocycles. The van der Waals surface area contributed by atoms with Crippen LogP contribution in [0.4, 0.5) is 0 Å². The fraction of sp³-hybridized carbons (Fsp3) is 0.417. The van der Waals surface area contributed by atoms with Gasteiger partial charge in [0, 0.05) is 13.3 Å². The van der Waals surface area contributed by atoms with Crippen molar-refractivity contribution in [3.05, 3.63) is 23.9 Å². The Kier molecular flexibility index (Phi) is 5.74. The molecule has 1 aromatic rings. The summed E-state index contributed by atoms with van der Waals surface area (Å²) in [6, 6.07) is 3.15. The summed E-state index contributed by atoms with van der Waals surface area (Å²) in [5, 5.41) is 11.2. The Morgan fingerprint density at radius 3 is 2.84 bits per heavy atom. The third-order valence-electron chi connectivity index (χ3n) is 2.30. The number of aromatic nitrogens is 1. The van der Waals surface area contributed by atoms with Gasteiger partial charge in [0.1, 0.15) is 5.56 Å². The van der Waals surface area contributed by atoms with E-state index in [4.69, 9.17) is 14.6 Å². The summed E-state index contributed by atoms with van der Waals surface area (Å²) in [5.41, 5.74) is 0.254. The van der Waals surface area contributed by atoms with Crippen LogP contribution in [0.3, 0.4) is 0 Å². The lowest BCUT2D eigenvalue weighted by atomic mass is 10.2. The van der Waals surface area contributed by atoms with Crippen molar-refractivity contribution in [2.24, 2.45) is 0 Å². The van der Waals surface area contributed by atoms with E-state index in [1.807, 2.05) is 0 Å². The number of carboxylic acid groups (broad SMARTS) is 1. The minimum Gasteiger partial charge on any atom is -0.479 e. The van der Waals surface area contributed by atoms with Gasteiger partial charge < -0.3 is 19.9 Å². The Morgan fingerprint density at radius 1 is 1.53 bits per heavy atom. The van der Waals surface area contributed by atoms with Crippen LogP contribution in [-0.2, 0) is 9.53 Å². The minimum absolute atomic E-state index is 0.134. The van der Waals surface area contributed by atoms with Gasteiger partial charge in [0.25, 0.3) is 5.91 Å². The van der Waals surface area contributed by atoms with Crippen LogP contribution in [0.25, 0.3) is 0 Å². The van der Waals surface area contributed by atoms with Gasteiger partial charge in [0.05, 0.1) is 13.2 Å². The molecule has 7 nitrogen and oxygen atoms in total. The van der Waals surface area contributed by atoms with E-state index >= 15 is 0 Å². The summed E-state index contributed by atoms with van der Waals surface area (Å²) in [6.07, 6.45) is 0.424. The maximum absolute atomic E-state index is 11.9. The number of pyridine rings is 1. The Morgan fingerprint density at radius 2 is 2.26 bits per heavy atom. The van der Waals surface area contributed by atoms with Crippen molar-refractivity contribution in [3.63, 3.8) is 0 Å². The standard InChI is InChI=1S/C12H16N2O5/c1-3-19-11-8(5-4-6-13-11)10(15)14-7-9(18-2)12(16)17/h4-6,9H,3,7H2,1-2H3,(H,14,15)(H,16,17). The number of rotatable bonds is 7. The third kappa shape index (κ3) is 4.22. The number of hydrogen-bond acceptors (Lipinski definition) is 5. The van der Waals surface area contributed by atoms with Gasteiger partial charge in [-0.25, -0.2) is 9.78 Å². The van der Waals surface area contributed by atoms with Crippen LogP contribution in [0.2, 0.25) is 0 Å². The van der Waals surface area contributed by atoms with E-state index in [2.05, 4.69) is 10.3 Å². The van der Waals surface area contributed by atoms with Crippen LogP contribution in [0.15, 0.2) is 18.3 Å². The number of nitrogens with one attached hydrogen (secondary N) is 1. The van der Waals surface area contributed by atoms with Crippen LogP contribution in [0.1, 0.15) is 17.3 Å². The SMILES string of the molecule is CCOc1ncccc1C(=O)NCC(OC)C(=O)O. The predicted molar refractivity (Wildman–Crippen MR) is 66.2 cm³/mol. The lowest BCUT2D eigenvalue weighted by molar-refractivity contribution is -0.148. The van der Waals surface area contributed by atoms with Crippen molar-refractivity contribution in [3.8, 4) is 5.88 Å². The normalized spacial score (nSPS) is 11.7. The summed E-state index contributed by atoms with van der Waals surface area (Å²) < 4.78 is 9.93. The van der Waals surface area contributed by atoms with E-state index in [0.29, 0.717) is 6.61 Å². The van der Waals surface area contributed by atoms with Gasteiger partial charge in [-0.1, -0.05) is 0 Å². The average molecular weight is 268 g/mol. The molecule has 1 rings (SSSR count). The number of carbonyl (C=O) groups excluding carboxylic acids is 1. The molecular formula is C12H16N2O5. The summed E-state index contributed by atoms with van der Waals surface area (Å²) in [6.45, 7) is 2.03. The number of carboxylic acids is 1. The van der Waals surface area contributed by atoms with Gasteiger partial charge in [-0.3, -0.25) is 4.79 Å². The number of carbonyl (C=O) groups is 2. The molecule has 0 radical (unpaired) electrons. The zero-order valence-electron chi connectivity index (χ0n) is 10.8. The smallest absolute Gasteiger partial charge is 0.334 e. The Balaban J connectivity index is 2.70. The molecule has 0 saturated carbocycles. The van der Waals surface area contributed by atoms with Crippen molar-refractivity contribution < 1.29 is 24.2 Å². The van der Waals surface area contributed by atoms with Crippen LogP contribution in [0.5, 0.6) is 5.88 Å². The van der Waals surface area contributed by atoms with Crippen molar-refractivity contribution in [2.45, 2.75) is 13.0 Å². The van der Waals surface area contributed by atoms with Gasteiger partial charge in [0.2, 0.25) is 5.88 Å². The first-order chi connectivity index (χ1) is 9.10. The minimum atomic E-state index is -1.14. The van der Waals surface area contributed by atoms with E-state index < -0.39 is 18.0 Å². The van der Waals surface area contributed by atoms with Crippen LogP contribution in [0, 0.1) is 0 Å². The molecule has 0 aromatic carbocycles. The number of hydrogen-bond donors (Lipinski definition) is 2. The van der Waals surface area contributed by atoms with Crippen LogP contribution >= 0.6 is 0 Å². The Labute approximate surface area is 110 Å². The first-order valence-corrected chi connectivity index (χ1v) is 5.71. The molecule has 7 heteroatoms. The number of methoxy groups -OCH3 is 1. The lowest BCUT2D eigenvalue weighted by Crippen LogP contribution is -2.38. The largest absolute Gasteiger partial charge is 0.479 e. The molecule has 0 saturated heterocycles. The molecule has 0 aliphatic carbocycles. The second-order valence-electron chi connectivity index (χ2n) is 3.56. The van der Waals surface area contributed by atoms with E-state index in [0.717, 1.165) is 0 Å². The molecule has 0 bridgehead atoms. The molecule has 19 heavy (non-hydrogen) atoms. The summed E-state index contributed by atoms with van der Waals surface area (Å²) in [4.78, 5) is 26.6. The molecule has 104 valence electrons. The predicted octanol–water partition coefficient (Wildman–Crippen LogP) is 0.310.